The van der Waals surface area contributed by atoms with Crippen molar-refractivity contribution in [3.8, 4) is 0 Å². The van der Waals surface area contributed by atoms with Gasteiger partial charge >= 0.3 is 0 Å². The number of likely N-dealkylation sites (N-methyl/N-ethyl adjacent to an activating group) is 1. The van der Waals surface area contributed by atoms with Crippen LogP contribution < -0.4 is 5.73 Å². The summed E-state index contributed by atoms with van der Waals surface area (Å²) in [6.45, 7) is 5.19. The highest BCUT2D eigenvalue weighted by atomic mass is 35.5. The monoisotopic (exact) mass is 369 g/mol. The molecule has 1 atom stereocenters. The van der Waals surface area contributed by atoms with Gasteiger partial charge in [0.15, 0.2) is 0 Å². The summed E-state index contributed by atoms with van der Waals surface area (Å²) in [6, 6.07) is 7.69. The minimum Gasteiger partial charge on any atom is -0.387 e. The third-order valence-corrected chi connectivity index (χ3v) is 4.56. The van der Waals surface area contributed by atoms with Crippen molar-refractivity contribution in [2.24, 2.45) is 5.73 Å². The normalized spacial score (nSPS) is 11.7. The number of nitrogens with zero attached hydrogens (tertiary/aromatic N) is 2. The van der Waals surface area contributed by atoms with Gasteiger partial charge in [-0.05, 0) is 26.0 Å². The maximum absolute atomic E-state index is 12.5. The molecule has 5 nitrogen and oxygen atoms in total. The van der Waals surface area contributed by atoms with E-state index in [0.717, 1.165) is 16.1 Å². The second-order valence-electron chi connectivity index (χ2n) is 5.44. The van der Waals surface area contributed by atoms with Gasteiger partial charge in [0.05, 0.1) is 17.7 Å². The number of carbonyl (C=O) groups excluding carboxylic acids is 1. The Morgan fingerprint density at radius 3 is 2.62 bits per heavy atom. The Balaban J connectivity index is 0.00000288. The quantitative estimate of drug-likeness (QED) is 0.786. The molecule has 7 heteroatoms. The van der Waals surface area contributed by atoms with Gasteiger partial charge in [0.2, 0.25) is 0 Å². The second kappa shape index (κ2) is 9.74. The zero-order chi connectivity index (χ0) is 16.8. The van der Waals surface area contributed by atoms with Crippen molar-refractivity contribution in [2.75, 3.05) is 19.6 Å². The Morgan fingerprint density at radius 2 is 2.04 bits per heavy atom. The Labute approximate surface area is 152 Å². The molecule has 0 radical (unpaired) electrons. The Kier molecular flexibility index (Phi) is 8.35. The zero-order valence-electron chi connectivity index (χ0n) is 13.9. The number of benzene rings is 1. The highest BCUT2D eigenvalue weighted by Gasteiger charge is 2.21. The molecule has 0 aliphatic carbocycles. The molecule has 0 spiro atoms. The predicted octanol–water partition coefficient (Wildman–Crippen LogP) is 2.57. The van der Waals surface area contributed by atoms with Crippen LogP contribution >= 0.6 is 23.7 Å². The number of nitrogens with two attached hydrogens (primary N) is 1. The van der Waals surface area contributed by atoms with Crippen LogP contribution in [0.1, 0.15) is 39.7 Å². The molecule has 24 heavy (non-hydrogen) atoms. The van der Waals surface area contributed by atoms with Crippen molar-refractivity contribution in [2.45, 2.75) is 26.4 Å². The zero-order valence-corrected chi connectivity index (χ0v) is 15.6. The van der Waals surface area contributed by atoms with E-state index in [1.807, 2.05) is 38.1 Å². The van der Waals surface area contributed by atoms with E-state index in [9.17, 15) is 9.90 Å². The summed E-state index contributed by atoms with van der Waals surface area (Å²) in [6.07, 6.45) is -0.0302. The molecule has 3 N–H and O–H groups in total. The molecule has 2 aromatic rings. The van der Waals surface area contributed by atoms with Crippen LogP contribution in [0.3, 0.4) is 0 Å². The largest absolute Gasteiger partial charge is 0.387 e. The first-order valence-electron chi connectivity index (χ1n) is 7.73. The lowest BCUT2D eigenvalue weighted by Crippen LogP contribution is -2.34. The van der Waals surface area contributed by atoms with Crippen LogP contribution in [-0.2, 0) is 6.42 Å². The standard InChI is InChI=1S/C17H23N3O2S.ClH/c1-3-20(10-15(21)13-6-4-12(2)5-7-13)17(22)14-11-23-16(19-14)8-9-18;/h4-7,11,15,21H,3,8-10,18H2,1-2H3;1H. The maximum Gasteiger partial charge on any atom is 0.273 e. The van der Waals surface area contributed by atoms with Crippen LogP contribution in [0.15, 0.2) is 29.6 Å². The Morgan fingerprint density at radius 1 is 1.38 bits per heavy atom. The summed E-state index contributed by atoms with van der Waals surface area (Å²) < 4.78 is 0. The van der Waals surface area contributed by atoms with Gasteiger partial charge in [-0.2, -0.15) is 0 Å². The summed E-state index contributed by atoms with van der Waals surface area (Å²) in [7, 11) is 0. The molecule has 0 fully saturated rings. The molecule has 132 valence electrons. The van der Waals surface area contributed by atoms with Crippen molar-refractivity contribution >= 4 is 29.7 Å². The molecule has 1 heterocycles. The molecule has 1 unspecified atom stereocenters. The number of hydrogen-bond acceptors (Lipinski definition) is 5. The van der Waals surface area contributed by atoms with Crippen LogP contribution in [0.25, 0.3) is 0 Å². The van der Waals surface area contributed by atoms with Gasteiger partial charge in [-0.3, -0.25) is 4.79 Å². The van der Waals surface area contributed by atoms with E-state index in [2.05, 4.69) is 4.98 Å². The number of thiazole rings is 1. The van der Waals surface area contributed by atoms with E-state index in [0.29, 0.717) is 25.2 Å². The third-order valence-electron chi connectivity index (χ3n) is 3.65. The number of aliphatic hydroxyl groups is 1. The number of amides is 1. The Bertz CT molecular complexity index is 646. The molecule has 2 rings (SSSR count). The highest BCUT2D eigenvalue weighted by Crippen LogP contribution is 2.17. The van der Waals surface area contributed by atoms with Crippen LogP contribution in [0.5, 0.6) is 0 Å². The average molecular weight is 370 g/mol. The molecule has 1 amide bonds. The first kappa shape index (κ1) is 20.6. The number of rotatable bonds is 7. The van der Waals surface area contributed by atoms with Gasteiger partial charge in [-0.1, -0.05) is 29.8 Å². The number of carbonyl (C=O) groups is 1. The number of halogens is 1. The lowest BCUT2D eigenvalue weighted by atomic mass is 10.1. The number of aliphatic hydroxyl groups excluding tert-OH is 1. The van der Waals surface area contributed by atoms with Crippen LogP contribution in [0.2, 0.25) is 0 Å². The van der Waals surface area contributed by atoms with E-state index < -0.39 is 6.10 Å². The fourth-order valence-corrected chi connectivity index (χ4v) is 3.06. The molecule has 1 aromatic heterocycles. The van der Waals surface area contributed by atoms with Gasteiger partial charge in [0.25, 0.3) is 5.91 Å². The van der Waals surface area contributed by atoms with Gasteiger partial charge in [-0.15, -0.1) is 23.7 Å². The Hall–Kier alpha value is -1.47. The summed E-state index contributed by atoms with van der Waals surface area (Å²) >= 11 is 1.45. The number of aromatic nitrogens is 1. The first-order chi connectivity index (χ1) is 11.0. The van der Waals surface area contributed by atoms with Crippen molar-refractivity contribution in [1.82, 2.24) is 9.88 Å². The third kappa shape index (κ3) is 5.27. The fourth-order valence-electron chi connectivity index (χ4n) is 2.27. The van der Waals surface area contributed by atoms with Crippen LogP contribution in [0.4, 0.5) is 0 Å². The van der Waals surface area contributed by atoms with Crippen molar-refractivity contribution in [3.63, 3.8) is 0 Å². The summed E-state index contributed by atoms with van der Waals surface area (Å²) in [4.78, 5) is 18.5. The summed E-state index contributed by atoms with van der Waals surface area (Å²) in [5, 5.41) is 13.0. The molecule has 0 aliphatic rings. The minimum absolute atomic E-state index is 0. The molecule has 0 bridgehead atoms. The molecular formula is C17H24ClN3O2S. The second-order valence-corrected chi connectivity index (χ2v) is 6.38. The minimum atomic E-state index is -0.707. The van der Waals surface area contributed by atoms with Crippen molar-refractivity contribution in [1.29, 1.82) is 0 Å². The topological polar surface area (TPSA) is 79.5 Å². The molecule has 0 saturated heterocycles. The maximum atomic E-state index is 12.5. The smallest absolute Gasteiger partial charge is 0.273 e. The number of aryl methyl sites for hydroxylation is 1. The average Bonchev–Trinajstić information content (AvgIpc) is 3.01. The fraction of sp³-hybridized carbons (Fsp3) is 0.412. The lowest BCUT2D eigenvalue weighted by Gasteiger charge is -2.23. The van der Waals surface area contributed by atoms with Gasteiger partial charge in [0, 0.05) is 18.3 Å². The van der Waals surface area contributed by atoms with E-state index >= 15 is 0 Å². The lowest BCUT2D eigenvalue weighted by molar-refractivity contribution is 0.0630. The van der Waals surface area contributed by atoms with E-state index in [4.69, 9.17) is 5.73 Å². The summed E-state index contributed by atoms with van der Waals surface area (Å²) in [5.74, 6) is -0.154. The van der Waals surface area contributed by atoms with Gasteiger partial charge in [0.1, 0.15) is 5.69 Å². The highest BCUT2D eigenvalue weighted by molar-refractivity contribution is 7.09. The SMILES string of the molecule is CCN(CC(O)c1ccc(C)cc1)C(=O)c1csc(CCN)n1.Cl. The van der Waals surface area contributed by atoms with E-state index in [1.54, 1.807) is 10.3 Å². The molecular weight excluding hydrogens is 346 g/mol. The predicted molar refractivity (Wildman–Crippen MR) is 99.8 cm³/mol. The van der Waals surface area contributed by atoms with Crippen molar-refractivity contribution < 1.29 is 9.90 Å². The molecule has 1 aromatic carbocycles. The molecule has 0 aliphatic heterocycles. The molecule has 0 saturated carbocycles. The summed E-state index contributed by atoms with van der Waals surface area (Å²) in [5.41, 5.74) is 7.89. The van der Waals surface area contributed by atoms with Gasteiger partial charge < -0.3 is 15.7 Å². The van der Waals surface area contributed by atoms with Crippen molar-refractivity contribution in [3.05, 3.63) is 51.5 Å². The van der Waals surface area contributed by atoms with Crippen LogP contribution in [0, 0.1) is 6.92 Å². The van der Waals surface area contributed by atoms with Crippen LogP contribution in [-0.4, -0.2) is 40.5 Å². The van der Waals surface area contributed by atoms with E-state index in [-0.39, 0.29) is 24.9 Å². The van der Waals surface area contributed by atoms with Gasteiger partial charge in [-0.25, -0.2) is 4.98 Å². The van der Waals surface area contributed by atoms with E-state index in [1.165, 1.54) is 11.3 Å². The first-order valence-corrected chi connectivity index (χ1v) is 8.61. The number of hydrogen-bond donors (Lipinski definition) is 2.